The quantitative estimate of drug-likeness (QED) is 0.623. The highest BCUT2D eigenvalue weighted by atomic mass is 19.4. The van der Waals surface area contributed by atoms with Gasteiger partial charge in [-0.3, -0.25) is 0 Å². The van der Waals surface area contributed by atoms with Gasteiger partial charge in [-0.2, -0.15) is 13.2 Å². The first kappa shape index (κ1) is 19.3. The average Bonchev–Trinajstić information content (AvgIpc) is 3.07. The fourth-order valence-electron chi connectivity index (χ4n) is 2.60. The van der Waals surface area contributed by atoms with Crippen molar-refractivity contribution in [1.82, 2.24) is 10.2 Å². The van der Waals surface area contributed by atoms with Crippen LogP contribution in [0.25, 0.3) is 11.5 Å². The molecule has 7 nitrogen and oxygen atoms in total. The summed E-state index contributed by atoms with van der Waals surface area (Å²) < 4.78 is 54.4. The summed E-state index contributed by atoms with van der Waals surface area (Å²) in [7, 11) is 0. The van der Waals surface area contributed by atoms with E-state index in [1.165, 1.54) is 25.1 Å². The van der Waals surface area contributed by atoms with Gasteiger partial charge in [-0.1, -0.05) is 12.1 Å². The van der Waals surface area contributed by atoms with Gasteiger partial charge in [-0.15, -0.1) is 10.2 Å². The van der Waals surface area contributed by atoms with E-state index in [1.54, 1.807) is 6.92 Å². The molecule has 28 heavy (non-hydrogen) atoms. The third kappa shape index (κ3) is 3.95. The first-order chi connectivity index (χ1) is 13.2. The van der Waals surface area contributed by atoms with Crippen LogP contribution in [0.15, 0.2) is 44.0 Å². The number of esters is 1. The van der Waals surface area contributed by atoms with E-state index in [0.717, 1.165) is 12.1 Å². The lowest BCUT2D eigenvalue weighted by atomic mass is 10.1. The van der Waals surface area contributed by atoms with Gasteiger partial charge < -0.3 is 13.6 Å². The summed E-state index contributed by atoms with van der Waals surface area (Å²) in [6.45, 7) is 2.52. The van der Waals surface area contributed by atoms with Gasteiger partial charge in [-0.05, 0) is 31.5 Å². The second-order valence-corrected chi connectivity index (χ2v) is 5.80. The van der Waals surface area contributed by atoms with Crippen molar-refractivity contribution in [2.24, 2.45) is 0 Å². The minimum atomic E-state index is -4.59. The van der Waals surface area contributed by atoms with Crippen LogP contribution in [0.3, 0.4) is 0 Å². The van der Waals surface area contributed by atoms with Crippen molar-refractivity contribution in [2.45, 2.75) is 26.6 Å². The van der Waals surface area contributed by atoms with E-state index >= 15 is 0 Å². The number of hydrogen-bond acceptors (Lipinski definition) is 7. The smallest absolute Gasteiger partial charge is 0.417 e. The summed E-state index contributed by atoms with van der Waals surface area (Å²) in [5.74, 6) is -1.25. The summed E-state index contributed by atoms with van der Waals surface area (Å²) in [5.41, 5.74) is -1.37. The number of carbonyl (C=O) groups excluding carboxylic acids is 1. The Morgan fingerprint density at radius 3 is 2.54 bits per heavy atom. The number of benzene rings is 1. The van der Waals surface area contributed by atoms with Gasteiger partial charge in [-0.25, -0.2) is 9.59 Å². The second kappa shape index (κ2) is 7.29. The van der Waals surface area contributed by atoms with Crippen molar-refractivity contribution in [1.29, 1.82) is 0 Å². The fraction of sp³-hybridized carbons (Fsp3) is 0.222. The molecule has 0 aliphatic rings. The predicted molar refractivity (Wildman–Crippen MR) is 88.3 cm³/mol. The summed E-state index contributed by atoms with van der Waals surface area (Å²) in [6.07, 6.45) is -4.59. The lowest BCUT2D eigenvalue weighted by Crippen LogP contribution is -2.12. The highest BCUT2D eigenvalue weighted by Crippen LogP contribution is 2.36. The van der Waals surface area contributed by atoms with Crippen LogP contribution in [0.5, 0.6) is 0 Å². The molecule has 1 aromatic carbocycles. The van der Waals surface area contributed by atoms with Crippen LogP contribution in [0.1, 0.15) is 33.1 Å². The topological polar surface area (TPSA) is 95.4 Å². The first-order valence-electron chi connectivity index (χ1n) is 7.94. The molecule has 0 aliphatic carbocycles. The van der Waals surface area contributed by atoms with E-state index in [4.69, 9.17) is 13.6 Å². The lowest BCUT2D eigenvalue weighted by molar-refractivity contribution is -0.137. The minimum Gasteiger partial charge on any atom is -0.452 e. The molecule has 0 unspecified atom stereocenters. The van der Waals surface area contributed by atoms with Crippen LogP contribution in [-0.2, 0) is 17.5 Å². The zero-order valence-electron chi connectivity index (χ0n) is 14.7. The summed E-state index contributed by atoms with van der Waals surface area (Å²) in [6, 6.07) is 5.89. The largest absolute Gasteiger partial charge is 0.452 e. The molecule has 3 rings (SSSR count). The number of nitrogens with zero attached hydrogens (tertiary/aromatic N) is 2. The van der Waals surface area contributed by atoms with Gasteiger partial charge in [0.05, 0.1) is 11.1 Å². The lowest BCUT2D eigenvalue weighted by Gasteiger charge is -2.09. The van der Waals surface area contributed by atoms with Crippen LogP contribution in [-0.4, -0.2) is 16.2 Å². The number of halogens is 3. The minimum absolute atomic E-state index is 0.0711. The molecule has 0 fully saturated rings. The Balaban J connectivity index is 1.78. The molecule has 0 bridgehead atoms. The maximum absolute atomic E-state index is 13.1. The van der Waals surface area contributed by atoms with Crippen LogP contribution in [0.2, 0.25) is 0 Å². The molecule has 10 heteroatoms. The molecular weight excluding hydrogens is 381 g/mol. The summed E-state index contributed by atoms with van der Waals surface area (Å²) in [5, 5.41) is 7.20. The SMILES string of the molecule is Cc1cc(=O)oc(C)c1C(=O)OCc1nnc(-c2ccccc2C(F)(F)F)o1. The molecule has 0 atom stereocenters. The van der Waals surface area contributed by atoms with Crippen molar-refractivity contribution in [2.75, 3.05) is 0 Å². The molecule has 2 heterocycles. The van der Waals surface area contributed by atoms with Crippen LogP contribution < -0.4 is 5.63 Å². The number of ether oxygens (including phenoxy) is 1. The third-order valence-electron chi connectivity index (χ3n) is 3.80. The van der Waals surface area contributed by atoms with E-state index in [-0.39, 0.29) is 28.7 Å². The zero-order valence-corrected chi connectivity index (χ0v) is 14.7. The maximum atomic E-state index is 13.1. The average molecular weight is 394 g/mol. The van der Waals surface area contributed by atoms with Crippen LogP contribution in [0.4, 0.5) is 13.2 Å². The van der Waals surface area contributed by atoms with Gasteiger partial charge in [0.25, 0.3) is 5.89 Å². The van der Waals surface area contributed by atoms with Crippen molar-refractivity contribution < 1.29 is 31.5 Å². The van der Waals surface area contributed by atoms with Gasteiger partial charge >= 0.3 is 17.8 Å². The van der Waals surface area contributed by atoms with E-state index < -0.39 is 29.9 Å². The molecule has 0 aliphatic heterocycles. The van der Waals surface area contributed by atoms with Crippen molar-refractivity contribution >= 4 is 5.97 Å². The van der Waals surface area contributed by atoms with Gasteiger partial charge in [0.15, 0.2) is 6.61 Å². The normalized spacial score (nSPS) is 11.5. The Kier molecular flexibility index (Phi) is 5.04. The van der Waals surface area contributed by atoms with Crippen molar-refractivity contribution in [3.63, 3.8) is 0 Å². The summed E-state index contributed by atoms with van der Waals surface area (Å²) in [4.78, 5) is 23.5. The Bertz CT molecular complexity index is 1060. The second-order valence-electron chi connectivity index (χ2n) is 5.80. The molecular formula is C18H13F3N2O5. The van der Waals surface area contributed by atoms with Crippen molar-refractivity contribution in [3.8, 4) is 11.5 Å². The molecule has 3 aromatic rings. The Morgan fingerprint density at radius 2 is 1.86 bits per heavy atom. The number of hydrogen-bond donors (Lipinski definition) is 0. The Morgan fingerprint density at radius 1 is 1.14 bits per heavy atom. The van der Waals surface area contributed by atoms with Gasteiger partial charge in [0, 0.05) is 6.07 Å². The summed E-state index contributed by atoms with van der Waals surface area (Å²) >= 11 is 0. The van der Waals surface area contributed by atoms with E-state index in [1.807, 2.05) is 0 Å². The van der Waals surface area contributed by atoms with Gasteiger partial charge in [0.2, 0.25) is 5.89 Å². The van der Waals surface area contributed by atoms with Crippen molar-refractivity contribution in [3.05, 3.63) is 69.1 Å². The highest BCUT2D eigenvalue weighted by Gasteiger charge is 2.34. The number of aryl methyl sites for hydroxylation is 2. The maximum Gasteiger partial charge on any atom is 0.417 e. The number of rotatable bonds is 4. The molecule has 2 aromatic heterocycles. The number of carbonyl (C=O) groups is 1. The molecule has 0 N–H and O–H groups in total. The van der Waals surface area contributed by atoms with Crippen LogP contribution in [0, 0.1) is 13.8 Å². The standard InChI is InChI=1S/C18H13F3N2O5/c1-9-7-14(24)27-10(2)15(9)17(25)26-8-13-22-23-16(28-13)11-5-3-4-6-12(11)18(19,20)21/h3-7H,8H2,1-2H3. The molecule has 146 valence electrons. The molecule has 0 saturated carbocycles. The predicted octanol–water partition coefficient (Wildman–Crippen LogP) is 3.68. The number of alkyl halides is 3. The highest BCUT2D eigenvalue weighted by molar-refractivity contribution is 5.91. The Labute approximate surface area is 155 Å². The molecule has 0 spiro atoms. The van der Waals surface area contributed by atoms with Crippen LogP contribution >= 0.6 is 0 Å². The number of aromatic nitrogens is 2. The first-order valence-corrected chi connectivity index (χ1v) is 7.94. The van der Waals surface area contributed by atoms with E-state index in [9.17, 15) is 22.8 Å². The molecule has 0 amide bonds. The molecule has 0 radical (unpaired) electrons. The third-order valence-corrected chi connectivity index (χ3v) is 3.80. The van der Waals surface area contributed by atoms with Gasteiger partial charge in [0.1, 0.15) is 11.3 Å². The van der Waals surface area contributed by atoms with E-state index in [2.05, 4.69) is 10.2 Å². The monoisotopic (exact) mass is 394 g/mol. The zero-order chi connectivity index (χ0) is 20.5. The molecule has 0 saturated heterocycles. The fourth-order valence-corrected chi connectivity index (χ4v) is 2.60. The Hall–Kier alpha value is -3.43. The van der Waals surface area contributed by atoms with E-state index in [0.29, 0.717) is 5.56 Å².